The van der Waals surface area contributed by atoms with Crippen LogP contribution in [0.1, 0.15) is 0 Å². The monoisotopic (exact) mass is 223 g/mol. The van der Waals surface area contributed by atoms with Gasteiger partial charge < -0.3 is 0 Å². The molecule has 0 radical (unpaired) electrons. The molecule has 64 valence electrons. The highest BCUT2D eigenvalue weighted by atomic mass is 35.5. The van der Waals surface area contributed by atoms with Gasteiger partial charge in [-0.05, 0) is 18.2 Å². The summed E-state index contributed by atoms with van der Waals surface area (Å²) in [5.74, 6) is 0. The zero-order valence-corrected chi connectivity index (χ0v) is 7.99. The number of nitrogens with zero attached hydrogens (tertiary/aromatic N) is 1. The van der Waals surface area contributed by atoms with Crippen LogP contribution in [0, 0.1) is 0 Å². The van der Waals surface area contributed by atoms with Crippen molar-refractivity contribution in [3.8, 4) is 0 Å². The minimum atomic E-state index is -2.50. The van der Waals surface area contributed by atoms with Crippen molar-refractivity contribution in [2.24, 2.45) is 4.36 Å². The van der Waals surface area contributed by atoms with Gasteiger partial charge in [-0.25, -0.2) is 0 Å². The molecule has 0 atom stereocenters. The summed E-state index contributed by atoms with van der Waals surface area (Å²) in [7, 11) is -2.50. The van der Waals surface area contributed by atoms with Gasteiger partial charge in [-0.1, -0.05) is 23.2 Å². The molecule has 0 aromatic heterocycles. The van der Waals surface area contributed by atoms with E-state index in [1.54, 1.807) is 6.07 Å². The van der Waals surface area contributed by atoms with E-state index in [0.29, 0.717) is 5.02 Å². The van der Waals surface area contributed by atoms with Crippen LogP contribution in [0.5, 0.6) is 0 Å². The van der Waals surface area contributed by atoms with Gasteiger partial charge >= 0.3 is 10.5 Å². The molecule has 3 nitrogen and oxygen atoms in total. The second-order valence-electron chi connectivity index (χ2n) is 1.90. The highest BCUT2D eigenvalue weighted by Crippen LogP contribution is 2.27. The molecule has 0 aliphatic heterocycles. The lowest BCUT2D eigenvalue weighted by Gasteiger charge is -1.94. The molecule has 0 amide bonds. The summed E-state index contributed by atoms with van der Waals surface area (Å²) >= 11 is 11.2. The second-order valence-corrected chi connectivity index (χ2v) is 3.36. The Hall–Kier alpha value is -0.580. The second kappa shape index (κ2) is 3.89. The van der Waals surface area contributed by atoms with Gasteiger partial charge in [0.1, 0.15) is 5.69 Å². The van der Waals surface area contributed by atoms with Crippen LogP contribution in [-0.2, 0) is 10.5 Å². The third-order valence-electron chi connectivity index (χ3n) is 1.08. The van der Waals surface area contributed by atoms with Crippen LogP contribution in [0.3, 0.4) is 0 Å². The first-order chi connectivity index (χ1) is 5.59. The Kier molecular flexibility index (Phi) is 3.08. The fraction of sp³-hybridized carbons (Fsp3) is 0. The maximum absolute atomic E-state index is 10.2. The number of rotatable bonds is 1. The van der Waals surface area contributed by atoms with Crippen LogP contribution in [0.4, 0.5) is 5.69 Å². The third kappa shape index (κ3) is 2.48. The van der Waals surface area contributed by atoms with Crippen molar-refractivity contribution in [3.05, 3.63) is 28.2 Å². The molecule has 0 fully saturated rings. The molecular formula is C6H3Cl2NO2S. The van der Waals surface area contributed by atoms with Crippen molar-refractivity contribution in [1.82, 2.24) is 0 Å². The topological polar surface area (TPSA) is 46.5 Å². The largest absolute Gasteiger partial charge is 0.316 e. The Balaban J connectivity index is 3.32. The van der Waals surface area contributed by atoms with Crippen LogP contribution in [0.15, 0.2) is 22.6 Å². The fourth-order valence-electron chi connectivity index (χ4n) is 0.636. The summed E-state index contributed by atoms with van der Waals surface area (Å²) in [4.78, 5) is 0. The standard InChI is InChI=1S/C6H3Cl2NO2S/c7-4-1-2-5(8)6(3-4)9-12(10)11/h1-3H. The van der Waals surface area contributed by atoms with E-state index < -0.39 is 10.5 Å². The van der Waals surface area contributed by atoms with E-state index in [1.807, 2.05) is 0 Å². The van der Waals surface area contributed by atoms with Gasteiger partial charge in [-0.3, -0.25) is 0 Å². The zero-order valence-electron chi connectivity index (χ0n) is 5.66. The summed E-state index contributed by atoms with van der Waals surface area (Å²) in [5.41, 5.74) is 0.150. The van der Waals surface area contributed by atoms with Crippen molar-refractivity contribution in [3.63, 3.8) is 0 Å². The molecule has 0 saturated carbocycles. The molecule has 12 heavy (non-hydrogen) atoms. The van der Waals surface area contributed by atoms with E-state index in [9.17, 15) is 8.42 Å². The van der Waals surface area contributed by atoms with Gasteiger partial charge in [0, 0.05) is 5.02 Å². The van der Waals surface area contributed by atoms with E-state index >= 15 is 0 Å². The van der Waals surface area contributed by atoms with Gasteiger partial charge in [0.05, 0.1) is 5.02 Å². The molecule has 1 aromatic carbocycles. The number of halogens is 2. The van der Waals surface area contributed by atoms with E-state index in [-0.39, 0.29) is 10.7 Å². The normalized spacial score (nSPS) is 9.50. The Morgan fingerprint density at radius 1 is 1.25 bits per heavy atom. The molecule has 1 aromatic rings. The summed E-state index contributed by atoms with van der Waals surface area (Å²) in [6, 6.07) is 4.41. The molecule has 1 rings (SSSR count). The maximum Gasteiger partial charge on any atom is 0.316 e. The molecule has 6 heteroatoms. The van der Waals surface area contributed by atoms with Gasteiger partial charge in [-0.2, -0.15) is 8.42 Å². The third-order valence-corrected chi connectivity index (χ3v) is 1.98. The Morgan fingerprint density at radius 3 is 2.50 bits per heavy atom. The minimum Gasteiger partial charge on any atom is -0.163 e. The molecule has 0 saturated heterocycles. The lowest BCUT2D eigenvalue weighted by molar-refractivity contribution is 0.622. The van der Waals surface area contributed by atoms with Crippen LogP contribution in [0.25, 0.3) is 0 Å². The summed E-state index contributed by atoms with van der Waals surface area (Å²) in [6.07, 6.45) is 0. The molecule has 0 spiro atoms. The lowest BCUT2D eigenvalue weighted by atomic mass is 10.3. The first kappa shape index (κ1) is 9.51. The van der Waals surface area contributed by atoms with Crippen molar-refractivity contribution in [2.45, 2.75) is 0 Å². The summed E-state index contributed by atoms with van der Waals surface area (Å²) in [5, 5.41) is 0.646. The van der Waals surface area contributed by atoms with Crippen LogP contribution in [-0.4, -0.2) is 8.42 Å². The van der Waals surface area contributed by atoms with E-state index in [1.165, 1.54) is 12.1 Å². The van der Waals surface area contributed by atoms with Crippen LogP contribution >= 0.6 is 23.2 Å². The smallest absolute Gasteiger partial charge is 0.163 e. The Morgan fingerprint density at radius 2 is 1.92 bits per heavy atom. The molecule has 0 N–H and O–H groups in total. The van der Waals surface area contributed by atoms with E-state index in [4.69, 9.17) is 23.2 Å². The van der Waals surface area contributed by atoms with Crippen molar-refractivity contribution in [2.75, 3.05) is 0 Å². The number of benzene rings is 1. The average molecular weight is 224 g/mol. The molecule has 0 unspecified atom stereocenters. The van der Waals surface area contributed by atoms with Crippen molar-refractivity contribution >= 4 is 39.4 Å². The molecule has 0 aliphatic carbocycles. The summed E-state index contributed by atoms with van der Waals surface area (Å²) in [6.45, 7) is 0. The highest BCUT2D eigenvalue weighted by molar-refractivity contribution is 7.61. The van der Waals surface area contributed by atoms with Gasteiger partial charge in [0.2, 0.25) is 0 Å². The molecule has 0 bridgehead atoms. The lowest BCUT2D eigenvalue weighted by Crippen LogP contribution is -1.68. The quantitative estimate of drug-likeness (QED) is 0.736. The van der Waals surface area contributed by atoms with Crippen LogP contribution in [0.2, 0.25) is 10.0 Å². The molecular weight excluding hydrogens is 221 g/mol. The minimum absolute atomic E-state index is 0.150. The van der Waals surface area contributed by atoms with E-state index in [0.717, 1.165) is 0 Å². The van der Waals surface area contributed by atoms with Crippen molar-refractivity contribution < 1.29 is 8.42 Å². The first-order valence-corrected chi connectivity index (χ1v) is 4.64. The molecule has 0 heterocycles. The maximum atomic E-state index is 10.2. The fourth-order valence-corrected chi connectivity index (χ4v) is 1.32. The van der Waals surface area contributed by atoms with E-state index in [2.05, 4.69) is 4.36 Å². The average Bonchev–Trinajstić information content (AvgIpc) is 1.96. The van der Waals surface area contributed by atoms with Gasteiger partial charge in [0.15, 0.2) is 0 Å². The summed E-state index contributed by atoms with van der Waals surface area (Å²) < 4.78 is 23.5. The number of hydrogen-bond acceptors (Lipinski definition) is 3. The first-order valence-electron chi connectivity index (χ1n) is 2.86. The van der Waals surface area contributed by atoms with Gasteiger partial charge in [0.25, 0.3) is 0 Å². The zero-order chi connectivity index (χ0) is 9.14. The predicted octanol–water partition coefficient (Wildman–Crippen LogP) is 2.69. The Bertz CT molecular complexity index is 419. The predicted molar refractivity (Wildman–Crippen MR) is 47.5 cm³/mol. The number of hydrogen-bond donors (Lipinski definition) is 0. The highest BCUT2D eigenvalue weighted by Gasteiger charge is 1.98. The van der Waals surface area contributed by atoms with Crippen LogP contribution < -0.4 is 0 Å². The van der Waals surface area contributed by atoms with Gasteiger partial charge in [-0.15, -0.1) is 4.36 Å². The molecule has 0 aliphatic rings. The van der Waals surface area contributed by atoms with Crippen molar-refractivity contribution in [1.29, 1.82) is 0 Å². The Labute approximate surface area is 80.6 Å². The SMILES string of the molecule is O=S(=O)=Nc1cc(Cl)ccc1Cl.